The molecule has 0 fully saturated rings. The van der Waals surface area contributed by atoms with E-state index in [4.69, 9.17) is 5.73 Å². The number of hydrogen-bond donors (Lipinski definition) is 2. The van der Waals surface area contributed by atoms with Gasteiger partial charge in [-0.3, -0.25) is 0 Å². The fourth-order valence-electron chi connectivity index (χ4n) is 2.22. The quantitative estimate of drug-likeness (QED) is 0.674. The predicted octanol–water partition coefficient (Wildman–Crippen LogP) is 3.00. The third-order valence-corrected chi connectivity index (χ3v) is 2.98. The summed E-state index contributed by atoms with van der Waals surface area (Å²) >= 11 is 0. The third kappa shape index (κ3) is 1.45. The molecule has 0 saturated heterocycles. The van der Waals surface area contributed by atoms with E-state index in [0.29, 0.717) is 5.82 Å². The van der Waals surface area contributed by atoms with Crippen LogP contribution in [0.15, 0.2) is 24.3 Å². The highest BCUT2D eigenvalue weighted by Gasteiger charge is 2.10. The molecule has 3 N–H and O–H groups in total. The van der Waals surface area contributed by atoms with Gasteiger partial charge in [0, 0.05) is 16.3 Å². The van der Waals surface area contributed by atoms with E-state index in [1.54, 1.807) is 6.07 Å². The van der Waals surface area contributed by atoms with E-state index >= 15 is 0 Å². The van der Waals surface area contributed by atoms with Gasteiger partial charge in [0.15, 0.2) is 0 Å². The van der Waals surface area contributed by atoms with Crippen molar-refractivity contribution in [1.29, 1.82) is 0 Å². The zero-order valence-corrected chi connectivity index (χ0v) is 9.42. The minimum atomic E-state index is -0.247. The van der Waals surface area contributed by atoms with E-state index in [1.165, 1.54) is 12.1 Å². The molecule has 2 aromatic heterocycles. The van der Waals surface area contributed by atoms with Crippen LogP contribution in [-0.2, 0) is 6.42 Å². The molecule has 1 aromatic carbocycles. The molecule has 4 heteroatoms. The number of aromatic amines is 1. The smallest absolute Gasteiger partial charge is 0.125 e. The van der Waals surface area contributed by atoms with Crippen molar-refractivity contribution in [2.75, 3.05) is 5.73 Å². The molecular weight excluding hydrogens is 217 g/mol. The van der Waals surface area contributed by atoms with E-state index in [2.05, 4.69) is 9.97 Å². The van der Waals surface area contributed by atoms with Crippen molar-refractivity contribution in [1.82, 2.24) is 9.97 Å². The predicted molar refractivity (Wildman–Crippen MR) is 67.3 cm³/mol. The Balaban J connectivity index is 2.50. The molecule has 3 aromatic rings. The SMILES string of the molecule is CCc1nc(N)cc2c1[nH]c1cc(F)ccc12. The van der Waals surface area contributed by atoms with Crippen LogP contribution in [0, 0.1) is 5.82 Å². The highest BCUT2D eigenvalue weighted by Crippen LogP contribution is 2.28. The highest BCUT2D eigenvalue weighted by atomic mass is 19.1. The molecule has 0 radical (unpaired) electrons. The molecule has 3 rings (SSSR count). The minimum absolute atomic E-state index is 0.247. The lowest BCUT2D eigenvalue weighted by Gasteiger charge is -2.00. The van der Waals surface area contributed by atoms with Crippen LogP contribution in [0.25, 0.3) is 21.8 Å². The first kappa shape index (κ1) is 10.1. The van der Waals surface area contributed by atoms with E-state index in [0.717, 1.165) is 33.9 Å². The number of nitrogens with two attached hydrogens (primary N) is 1. The van der Waals surface area contributed by atoms with Crippen molar-refractivity contribution in [3.05, 3.63) is 35.8 Å². The monoisotopic (exact) mass is 229 g/mol. The zero-order chi connectivity index (χ0) is 12.0. The number of H-pyrrole nitrogens is 1. The van der Waals surface area contributed by atoms with E-state index < -0.39 is 0 Å². The van der Waals surface area contributed by atoms with Crippen LogP contribution in [0.3, 0.4) is 0 Å². The lowest BCUT2D eigenvalue weighted by molar-refractivity contribution is 0.629. The van der Waals surface area contributed by atoms with Gasteiger partial charge < -0.3 is 10.7 Å². The second-order valence-electron chi connectivity index (χ2n) is 4.08. The summed E-state index contributed by atoms with van der Waals surface area (Å²) in [5, 5.41) is 1.98. The standard InChI is InChI=1S/C13H12FN3/c1-2-10-13-9(6-12(15)16-10)8-4-3-7(14)5-11(8)17-13/h3-6,17H,2H2,1H3,(H2,15,16). The largest absolute Gasteiger partial charge is 0.384 e. The van der Waals surface area contributed by atoms with Gasteiger partial charge in [0.05, 0.1) is 11.2 Å². The number of nitrogens with one attached hydrogen (secondary N) is 1. The Morgan fingerprint density at radius 1 is 1.29 bits per heavy atom. The first-order valence-electron chi connectivity index (χ1n) is 5.55. The Kier molecular flexibility index (Phi) is 2.04. The fraction of sp³-hybridized carbons (Fsp3) is 0.154. The van der Waals surface area contributed by atoms with Gasteiger partial charge in [-0.15, -0.1) is 0 Å². The van der Waals surface area contributed by atoms with Crippen molar-refractivity contribution in [2.45, 2.75) is 13.3 Å². The van der Waals surface area contributed by atoms with Crippen molar-refractivity contribution in [3.8, 4) is 0 Å². The first-order chi connectivity index (χ1) is 8.19. The second-order valence-corrected chi connectivity index (χ2v) is 4.08. The van der Waals surface area contributed by atoms with Crippen LogP contribution in [0.1, 0.15) is 12.6 Å². The summed E-state index contributed by atoms with van der Waals surface area (Å²) < 4.78 is 13.2. The normalized spacial score (nSPS) is 11.4. The molecule has 0 unspecified atom stereocenters. The number of nitrogens with zero attached hydrogens (tertiary/aromatic N) is 1. The van der Waals surface area contributed by atoms with Crippen molar-refractivity contribution in [2.24, 2.45) is 0 Å². The number of rotatable bonds is 1. The maximum absolute atomic E-state index is 13.2. The van der Waals surface area contributed by atoms with Crippen molar-refractivity contribution >= 4 is 27.6 Å². The number of nitrogen functional groups attached to an aromatic ring is 1. The number of anilines is 1. The molecule has 0 bridgehead atoms. The molecule has 17 heavy (non-hydrogen) atoms. The maximum atomic E-state index is 13.2. The molecule has 86 valence electrons. The van der Waals surface area contributed by atoms with Crippen molar-refractivity contribution in [3.63, 3.8) is 0 Å². The Morgan fingerprint density at radius 3 is 2.88 bits per heavy atom. The maximum Gasteiger partial charge on any atom is 0.125 e. The number of aromatic nitrogens is 2. The summed E-state index contributed by atoms with van der Waals surface area (Å²) in [7, 11) is 0. The van der Waals surface area contributed by atoms with Gasteiger partial charge in [-0.25, -0.2) is 9.37 Å². The van der Waals surface area contributed by atoms with Crippen LogP contribution in [-0.4, -0.2) is 9.97 Å². The Bertz CT molecular complexity index is 715. The number of aryl methyl sites for hydroxylation is 1. The van der Waals surface area contributed by atoms with E-state index in [1.807, 2.05) is 13.0 Å². The second kappa shape index (κ2) is 3.45. The molecule has 0 atom stereocenters. The fourth-order valence-corrected chi connectivity index (χ4v) is 2.22. The summed E-state index contributed by atoms with van der Waals surface area (Å²) in [4.78, 5) is 7.50. The third-order valence-electron chi connectivity index (χ3n) is 2.98. The Labute approximate surface area is 97.5 Å². The Hall–Kier alpha value is -2.10. The average Bonchev–Trinajstić information content (AvgIpc) is 2.65. The average molecular weight is 229 g/mol. The van der Waals surface area contributed by atoms with Crippen LogP contribution in [0.2, 0.25) is 0 Å². The van der Waals surface area contributed by atoms with Crippen LogP contribution >= 0.6 is 0 Å². The molecule has 2 heterocycles. The number of pyridine rings is 1. The highest BCUT2D eigenvalue weighted by molar-refractivity contribution is 6.08. The van der Waals surface area contributed by atoms with Crippen LogP contribution < -0.4 is 5.73 Å². The minimum Gasteiger partial charge on any atom is -0.384 e. The van der Waals surface area contributed by atoms with Gasteiger partial charge in [0.1, 0.15) is 11.6 Å². The van der Waals surface area contributed by atoms with E-state index in [-0.39, 0.29) is 5.82 Å². The topological polar surface area (TPSA) is 54.7 Å². The van der Waals surface area contributed by atoms with Gasteiger partial charge in [-0.05, 0) is 30.7 Å². The summed E-state index contributed by atoms with van der Waals surface area (Å²) in [5.74, 6) is 0.252. The lowest BCUT2D eigenvalue weighted by Crippen LogP contribution is -1.95. The molecule has 0 aliphatic heterocycles. The van der Waals surface area contributed by atoms with E-state index in [9.17, 15) is 4.39 Å². The summed E-state index contributed by atoms with van der Waals surface area (Å²) in [6.07, 6.45) is 0.789. The molecule has 0 aliphatic carbocycles. The molecule has 0 saturated carbocycles. The molecular formula is C13H12FN3. The molecule has 0 aliphatic rings. The van der Waals surface area contributed by atoms with Gasteiger partial charge in [-0.1, -0.05) is 6.92 Å². The van der Waals surface area contributed by atoms with Crippen molar-refractivity contribution < 1.29 is 4.39 Å². The van der Waals surface area contributed by atoms with Gasteiger partial charge in [0.2, 0.25) is 0 Å². The number of fused-ring (bicyclic) bond motifs is 3. The summed E-state index contributed by atoms with van der Waals surface area (Å²) in [6.45, 7) is 2.02. The number of halogens is 1. The molecule has 0 amide bonds. The molecule has 0 spiro atoms. The van der Waals surface area contributed by atoms with Gasteiger partial charge in [-0.2, -0.15) is 0 Å². The zero-order valence-electron chi connectivity index (χ0n) is 9.42. The van der Waals surface area contributed by atoms with Crippen LogP contribution in [0.4, 0.5) is 10.2 Å². The summed E-state index contributed by atoms with van der Waals surface area (Å²) in [6, 6.07) is 6.54. The van der Waals surface area contributed by atoms with Crippen LogP contribution in [0.5, 0.6) is 0 Å². The summed E-state index contributed by atoms with van der Waals surface area (Å²) in [5.41, 5.74) is 8.42. The first-order valence-corrected chi connectivity index (χ1v) is 5.55. The van der Waals surface area contributed by atoms with Gasteiger partial charge >= 0.3 is 0 Å². The lowest BCUT2D eigenvalue weighted by atomic mass is 10.1. The molecule has 3 nitrogen and oxygen atoms in total. The number of hydrogen-bond acceptors (Lipinski definition) is 2. The van der Waals surface area contributed by atoms with Gasteiger partial charge in [0.25, 0.3) is 0 Å². The number of benzene rings is 1. The Morgan fingerprint density at radius 2 is 2.12 bits per heavy atom.